The quantitative estimate of drug-likeness (QED) is 0.518. The van der Waals surface area contributed by atoms with Gasteiger partial charge in [-0.2, -0.15) is 18.3 Å². The monoisotopic (exact) mass is 443 g/mol. The summed E-state index contributed by atoms with van der Waals surface area (Å²) in [6.07, 6.45) is -1.19. The molecular formula is C20H25F4N5S. The van der Waals surface area contributed by atoms with Crippen LogP contribution in [0.15, 0.2) is 36.5 Å². The molecule has 0 unspecified atom stereocenters. The van der Waals surface area contributed by atoms with Gasteiger partial charge in [0.25, 0.3) is 0 Å². The van der Waals surface area contributed by atoms with Crippen molar-refractivity contribution in [3.63, 3.8) is 0 Å². The van der Waals surface area contributed by atoms with E-state index in [-0.39, 0.29) is 17.4 Å². The van der Waals surface area contributed by atoms with Gasteiger partial charge in [0, 0.05) is 44.0 Å². The van der Waals surface area contributed by atoms with Crippen LogP contribution in [0.5, 0.6) is 0 Å². The zero-order valence-electron chi connectivity index (χ0n) is 16.9. The van der Waals surface area contributed by atoms with Gasteiger partial charge in [-0.3, -0.25) is 13.9 Å². The second-order valence-corrected chi connectivity index (χ2v) is 9.39. The number of benzene rings is 1. The summed E-state index contributed by atoms with van der Waals surface area (Å²) in [6.45, 7) is 3.06. The molecule has 0 amide bonds. The van der Waals surface area contributed by atoms with Crippen LogP contribution >= 0.6 is 12.1 Å². The van der Waals surface area contributed by atoms with Gasteiger partial charge in [-0.25, -0.2) is 8.70 Å². The first kappa shape index (κ1) is 21.5. The molecule has 2 fully saturated rings. The molecule has 0 saturated carbocycles. The molecule has 2 aromatic rings. The number of likely N-dealkylation sites (N-methyl/N-ethyl adjacent to an activating group) is 1. The summed E-state index contributed by atoms with van der Waals surface area (Å²) in [6, 6.07) is 8.45. The normalized spacial score (nSPS) is 26.1. The first-order valence-electron chi connectivity index (χ1n) is 9.92. The van der Waals surface area contributed by atoms with Gasteiger partial charge in [-0.15, -0.1) is 0 Å². The zero-order chi connectivity index (χ0) is 21.5. The number of piperidine rings is 1. The van der Waals surface area contributed by atoms with E-state index in [2.05, 4.69) is 25.5 Å². The summed E-state index contributed by atoms with van der Waals surface area (Å²) in [5.74, 6) is -0.263. The predicted octanol–water partition coefficient (Wildman–Crippen LogP) is 4.32. The third-order valence-electron chi connectivity index (χ3n) is 5.87. The van der Waals surface area contributed by atoms with Crippen molar-refractivity contribution in [2.24, 2.45) is 0 Å². The van der Waals surface area contributed by atoms with Crippen molar-refractivity contribution in [3.8, 4) is 0 Å². The molecule has 2 aliphatic rings. The minimum atomic E-state index is -4.30. The Hall–Kier alpha value is -1.78. The molecule has 1 aromatic heterocycles. The van der Waals surface area contributed by atoms with Gasteiger partial charge < -0.3 is 0 Å². The molecule has 30 heavy (non-hydrogen) atoms. The Morgan fingerprint density at radius 1 is 1.27 bits per heavy atom. The van der Waals surface area contributed by atoms with Crippen LogP contribution in [0.25, 0.3) is 0 Å². The molecule has 0 aliphatic carbocycles. The number of anilines is 1. The molecule has 164 valence electrons. The first-order chi connectivity index (χ1) is 14.2. The summed E-state index contributed by atoms with van der Waals surface area (Å²) in [7, 11) is 2.03. The van der Waals surface area contributed by atoms with Crippen molar-refractivity contribution in [2.45, 2.75) is 50.6 Å². The van der Waals surface area contributed by atoms with E-state index in [1.165, 1.54) is 12.3 Å². The number of likely N-dealkylation sites (tertiary alicyclic amines) is 1. The number of aromatic nitrogens is 2. The lowest BCUT2D eigenvalue weighted by molar-refractivity contribution is -0.143. The first-order valence-corrected chi connectivity index (χ1v) is 10.6. The lowest BCUT2D eigenvalue weighted by atomic mass is 9.83. The van der Waals surface area contributed by atoms with E-state index in [0.29, 0.717) is 12.2 Å². The lowest BCUT2D eigenvalue weighted by Gasteiger charge is -2.47. The molecule has 2 atom stereocenters. The number of hydrogen-bond donors (Lipinski definition) is 0. The van der Waals surface area contributed by atoms with Crippen LogP contribution in [0.4, 0.5) is 23.2 Å². The number of nitrogens with zero attached hydrogens (tertiary/aromatic N) is 5. The standard InChI is InChI=1S/C20H25F4N5S/c1-15-11-19(13-26(2)30-29(19)17-5-3-4-16(21)10-17)7-9-27(15)12-18-6-8-25-28(18)14-20(22,23)24/h3-6,8,10,15H,7,9,11-14H2,1-2H3/t15-,19+/m0/s1. The van der Waals surface area contributed by atoms with Crippen LogP contribution < -0.4 is 4.31 Å². The number of halogens is 4. The van der Waals surface area contributed by atoms with Crippen LogP contribution in [0.3, 0.4) is 0 Å². The maximum absolute atomic E-state index is 13.8. The summed E-state index contributed by atoms with van der Waals surface area (Å²) >= 11 is 1.59. The van der Waals surface area contributed by atoms with Crippen molar-refractivity contribution in [2.75, 3.05) is 24.4 Å². The smallest absolute Gasteiger partial charge is 0.296 e. The predicted molar refractivity (Wildman–Crippen MR) is 109 cm³/mol. The molecular weight excluding hydrogens is 418 g/mol. The van der Waals surface area contributed by atoms with Crippen molar-refractivity contribution in [1.82, 2.24) is 19.0 Å². The van der Waals surface area contributed by atoms with Gasteiger partial charge in [-0.1, -0.05) is 6.07 Å². The molecule has 3 heterocycles. The highest BCUT2D eigenvalue weighted by atomic mass is 32.2. The Kier molecular flexibility index (Phi) is 5.75. The molecule has 4 rings (SSSR count). The van der Waals surface area contributed by atoms with Crippen LogP contribution in [-0.2, 0) is 13.1 Å². The summed E-state index contributed by atoms with van der Waals surface area (Å²) in [4.78, 5) is 2.21. The molecule has 0 N–H and O–H groups in total. The van der Waals surface area contributed by atoms with Gasteiger partial charge >= 0.3 is 6.18 Å². The minimum Gasteiger partial charge on any atom is -0.296 e. The molecule has 2 saturated heterocycles. The fourth-order valence-corrected chi connectivity index (χ4v) is 5.77. The van der Waals surface area contributed by atoms with E-state index in [9.17, 15) is 17.6 Å². The zero-order valence-corrected chi connectivity index (χ0v) is 17.8. The van der Waals surface area contributed by atoms with Gasteiger partial charge in [0.1, 0.15) is 12.4 Å². The van der Waals surface area contributed by atoms with Crippen LogP contribution in [0.1, 0.15) is 25.5 Å². The van der Waals surface area contributed by atoms with Gasteiger partial charge in [0.2, 0.25) is 0 Å². The van der Waals surface area contributed by atoms with E-state index < -0.39 is 12.7 Å². The van der Waals surface area contributed by atoms with E-state index in [1.807, 2.05) is 13.1 Å². The third-order valence-corrected chi connectivity index (χ3v) is 7.04. The summed E-state index contributed by atoms with van der Waals surface area (Å²) in [5.41, 5.74) is 1.26. The Morgan fingerprint density at radius 3 is 2.77 bits per heavy atom. The fraction of sp³-hybridized carbons (Fsp3) is 0.550. The average molecular weight is 444 g/mol. The maximum Gasteiger partial charge on any atom is 0.408 e. The maximum atomic E-state index is 13.8. The minimum absolute atomic E-state index is 0.144. The highest BCUT2D eigenvalue weighted by molar-refractivity contribution is 7.98. The Morgan fingerprint density at radius 2 is 2.07 bits per heavy atom. The Bertz CT molecular complexity index is 888. The average Bonchev–Trinajstić information content (AvgIpc) is 3.20. The molecule has 0 bridgehead atoms. The molecule has 2 aliphatic heterocycles. The molecule has 1 spiro atoms. The lowest BCUT2D eigenvalue weighted by Crippen LogP contribution is -2.56. The van der Waals surface area contributed by atoms with Crippen molar-refractivity contribution in [1.29, 1.82) is 0 Å². The van der Waals surface area contributed by atoms with Crippen LogP contribution in [-0.4, -0.2) is 56.9 Å². The molecule has 1 aromatic carbocycles. The van der Waals surface area contributed by atoms with Crippen molar-refractivity contribution >= 4 is 17.8 Å². The summed E-state index contributed by atoms with van der Waals surface area (Å²) < 4.78 is 57.7. The topological polar surface area (TPSA) is 27.5 Å². The summed E-state index contributed by atoms with van der Waals surface area (Å²) in [5, 5.41) is 3.85. The van der Waals surface area contributed by atoms with Crippen LogP contribution in [0, 0.1) is 5.82 Å². The second kappa shape index (κ2) is 8.05. The van der Waals surface area contributed by atoms with Crippen molar-refractivity contribution < 1.29 is 17.6 Å². The highest BCUT2D eigenvalue weighted by Gasteiger charge is 2.49. The highest BCUT2D eigenvalue weighted by Crippen LogP contribution is 2.46. The van der Waals surface area contributed by atoms with E-state index in [4.69, 9.17) is 0 Å². The third kappa shape index (κ3) is 4.45. The van der Waals surface area contributed by atoms with Gasteiger partial charge in [0.15, 0.2) is 0 Å². The van der Waals surface area contributed by atoms with Crippen molar-refractivity contribution in [3.05, 3.63) is 48.0 Å². The Balaban J connectivity index is 1.49. The number of rotatable bonds is 4. The SMILES string of the molecule is C[C@H]1C[C@]2(CCN1Cc1ccnn1CC(F)(F)F)CN(C)SN2c1cccc(F)c1. The number of hydrogen-bond acceptors (Lipinski definition) is 5. The van der Waals surface area contributed by atoms with Gasteiger partial charge in [-0.05, 0) is 51.1 Å². The molecule has 5 nitrogen and oxygen atoms in total. The molecule has 10 heteroatoms. The second-order valence-electron chi connectivity index (χ2n) is 8.24. The van der Waals surface area contributed by atoms with Crippen LogP contribution in [0.2, 0.25) is 0 Å². The Labute approximate surface area is 177 Å². The largest absolute Gasteiger partial charge is 0.408 e. The van der Waals surface area contributed by atoms with Gasteiger partial charge in [0.05, 0.1) is 16.9 Å². The fourth-order valence-electron chi connectivity index (χ4n) is 4.59. The van der Waals surface area contributed by atoms with E-state index in [1.54, 1.807) is 30.3 Å². The van der Waals surface area contributed by atoms with E-state index in [0.717, 1.165) is 36.3 Å². The van der Waals surface area contributed by atoms with E-state index >= 15 is 0 Å². The molecule has 0 radical (unpaired) electrons. The number of alkyl halides is 3.